The van der Waals surface area contributed by atoms with Gasteiger partial charge in [-0.15, -0.1) is 0 Å². The highest BCUT2D eigenvalue weighted by Crippen LogP contribution is 2.36. The number of nitrogens with zero attached hydrogens (tertiary/aromatic N) is 5. The molecule has 1 saturated heterocycles. The molecule has 2 N–H and O–H groups in total. The molecule has 1 unspecified atom stereocenters. The van der Waals surface area contributed by atoms with Crippen molar-refractivity contribution in [3.05, 3.63) is 121 Å². The van der Waals surface area contributed by atoms with Crippen molar-refractivity contribution in [3.63, 3.8) is 0 Å². The molecule has 3 aromatic heterocycles. The number of rotatable bonds is 10. The molecular formula is C40H39F2N7O2. The Morgan fingerprint density at radius 1 is 0.902 bits per heavy atom. The molecule has 0 spiro atoms. The second kappa shape index (κ2) is 15.5. The summed E-state index contributed by atoms with van der Waals surface area (Å²) in [6.45, 7) is 3.05. The lowest BCUT2D eigenvalue weighted by Gasteiger charge is -2.25. The molecule has 0 saturated carbocycles. The zero-order valence-corrected chi connectivity index (χ0v) is 28.4. The maximum Gasteiger partial charge on any atom is 0.261 e. The van der Waals surface area contributed by atoms with Gasteiger partial charge in [-0.1, -0.05) is 37.1 Å². The SMILES string of the molecule is CN1CCCCC(CCOc2ccc(Nc3nccc(-c4c(-c5cccc(NC(=O)c6c(F)cccc6F)c5)nn5ccccc45)n3)cc2)CC1. The third-order valence-corrected chi connectivity index (χ3v) is 9.26. The van der Waals surface area contributed by atoms with Crippen LogP contribution in [-0.4, -0.2) is 57.1 Å². The summed E-state index contributed by atoms with van der Waals surface area (Å²) < 4.78 is 36.4. The number of carbonyl (C=O) groups is 1. The van der Waals surface area contributed by atoms with E-state index in [0.29, 0.717) is 41.1 Å². The molecule has 1 aliphatic rings. The monoisotopic (exact) mass is 687 g/mol. The van der Waals surface area contributed by atoms with Crippen molar-refractivity contribution >= 4 is 28.7 Å². The van der Waals surface area contributed by atoms with Crippen molar-refractivity contribution in [1.82, 2.24) is 24.5 Å². The van der Waals surface area contributed by atoms with Gasteiger partial charge in [-0.3, -0.25) is 4.79 Å². The van der Waals surface area contributed by atoms with Crippen LogP contribution in [0.3, 0.4) is 0 Å². The first-order valence-electron chi connectivity index (χ1n) is 17.3. The minimum Gasteiger partial charge on any atom is -0.494 e. The largest absolute Gasteiger partial charge is 0.494 e. The fourth-order valence-corrected chi connectivity index (χ4v) is 6.53. The van der Waals surface area contributed by atoms with Gasteiger partial charge in [0, 0.05) is 29.3 Å². The van der Waals surface area contributed by atoms with Crippen LogP contribution < -0.4 is 15.4 Å². The van der Waals surface area contributed by atoms with Crippen LogP contribution in [0.4, 0.5) is 26.1 Å². The van der Waals surface area contributed by atoms with Gasteiger partial charge in [0.05, 0.1) is 23.4 Å². The van der Waals surface area contributed by atoms with Crippen LogP contribution in [0.1, 0.15) is 42.5 Å². The summed E-state index contributed by atoms with van der Waals surface area (Å²) in [5, 5.41) is 10.8. The summed E-state index contributed by atoms with van der Waals surface area (Å²) in [5.74, 6) is -0.827. The van der Waals surface area contributed by atoms with E-state index in [1.807, 2.05) is 60.8 Å². The number of amides is 1. The van der Waals surface area contributed by atoms with Crippen molar-refractivity contribution in [2.24, 2.45) is 5.92 Å². The molecular weight excluding hydrogens is 648 g/mol. The third kappa shape index (κ3) is 8.05. The number of hydrogen-bond acceptors (Lipinski definition) is 7. The van der Waals surface area contributed by atoms with Crippen LogP contribution in [0, 0.1) is 17.6 Å². The minimum absolute atomic E-state index is 0.355. The Bertz CT molecular complexity index is 2120. The quantitative estimate of drug-likeness (QED) is 0.149. The lowest BCUT2D eigenvalue weighted by atomic mass is 9.93. The number of halogens is 2. The highest BCUT2D eigenvalue weighted by Gasteiger charge is 2.21. The van der Waals surface area contributed by atoms with Crippen molar-refractivity contribution in [2.45, 2.75) is 32.1 Å². The molecule has 260 valence electrons. The smallest absolute Gasteiger partial charge is 0.261 e. The Labute approximate surface area is 295 Å². The molecule has 3 aromatic carbocycles. The first-order chi connectivity index (χ1) is 24.9. The molecule has 6 aromatic rings. The molecule has 0 aliphatic carbocycles. The molecule has 1 aliphatic heterocycles. The molecule has 11 heteroatoms. The summed E-state index contributed by atoms with van der Waals surface area (Å²) in [6, 6.07) is 25.6. The fourth-order valence-electron chi connectivity index (χ4n) is 6.53. The van der Waals surface area contributed by atoms with Crippen LogP contribution >= 0.6 is 0 Å². The summed E-state index contributed by atoms with van der Waals surface area (Å²) in [5.41, 5.74) is 4.00. The molecule has 0 bridgehead atoms. The summed E-state index contributed by atoms with van der Waals surface area (Å²) in [7, 11) is 2.21. The van der Waals surface area contributed by atoms with Crippen LogP contribution in [0.25, 0.3) is 28.0 Å². The Balaban J connectivity index is 1.07. The molecule has 9 nitrogen and oxygen atoms in total. The Hall–Kier alpha value is -5.68. The predicted octanol–water partition coefficient (Wildman–Crippen LogP) is 8.62. The number of fused-ring (bicyclic) bond motifs is 1. The average Bonchev–Trinajstić information content (AvgIpc) is 3.52. The van der Waals surface area contributed by atoms with E-state index in [4.69, 9.17) is 14.8 Å². The van der Waals surface area contributed by atoms with Gasteiger partial charge in [0.1, 0.15) is 28.6 Å². The molecule has 7 rings (SSSR count). The second-order valence-corrected chi connectivity index (χ2v) is 12.9. The summed E-state index contributed by atoms with van der Waals surface area (Å²) >= 11 is 0. The van der Waals surface area contributed by atoms with Crippen LogP contribution in [-0.2, 0) is 0 Å². The number of anilines is 3. The van der Waals surface area contributed by atoms with Gasteiger partial charge in [0.2, 0.25) is 5.95 Å². The number of carbonyl (C=O) groups excluding carboxylic acids is 1. The molecule has 51 heavy (non-hydrogen) atoms. The van der Waals surface area contributed by atoms with Gasteiger partial charge < -0.3 is 20.3 Å². The Kier molecular flexibility index (Phi) is 10.3. The summed E-state index contributed by atoms with van der Waals surface area (Å²) in [4.78, 5) is 24.6. The highest BCUT2D eigenvalue weighted by molar-refractivity contribution is 6.05. The van der Waals surface area contributed by atoms with Gasteiger partial charge in [-0.2, -0.15) is 5.10 Å². The van der Waals surface area contributed by atoms with Crippen molar-refractivity contribution < 1.29 is 18.3 Å². The van der Waals surface area contributed by atoms with Crippen molar-refractivity contribution in [1.29, 1.82) is 0 Å². The van der Waals surface area contributed by atoms with Gasteiger partial charge >= 0.3 is 0 Å². The maximum atomic E-state index is 14.3. The van der Waals surface area contributed by atoms with Gasteiger partial charge in [-0.25, -0.2) is 23.3 Å². The zero-order chi connectivity index (χ0) is 35.2. The number of pyridine rings is 1. The molecule has 1 amide bonds. The standard InChI is InChI=1S/C40H39F2N7O2/c1-48-22-4-2-8-27(19-24-48)20-25-51-31-16-14-29(15-17-31)45-40-43-21-18-34(46-40)37-35-13-3-5-23-49(35)47-38(37)28-9-6-10-30(26-28)44-39(50)36-32(41)11-7-12-33(36)42/h3,5-7,9-18,21,23,26-27H,2,4,8,19-20,22,24-25H2,1H3,(H,44,50)(H,43,45,46). The first kappa shape index (κ1) is 33.8. The average molecular weight is 688 g/mol. The summed E-state index contributed by atoms with van der Waals surface area (Å²) in [6.07, 6.45) is 9.65. The highest BCUT2D eigenvalue weighted by atomic mass is 19.1. The predicted molar refractivity (Wildman–Crippen MR) is 195 cm³/mol. The number of aromatic nitrogens is 4. The second-order valence-electron chi connectivity index (χ2n) is 12.9. The van der Waals surface area contributed by atoms with E-state index in [0.717, 1.165) is 47.6 Å². The van der Waals surface area contributed by atoms with E-state index in [1.165, 1.54) is 38.3 Å². The topological polar surface area (TPSA) is 96.7 Å². The third-order valence-electron chi connectivity index (χ3n) is 9.26. The lowest BCUT2D eigenvalue weighted by Crippen LogP contribution is -2.25. The number of ether oxygens (including phenoxy) is 1. The minimum atomic E-state index is -0.937. The van der Waals surface area contributed by atoms with Crippen LogP contribution in [0.5, 0.6) is 5.75 Å². The maximum absolute atomic E-state index is 14.3. The van der Waals surface area contributed by atoms with E-state index < -0.39 is 23.1 Å². The molecule has 1 atom stereocenters. The normalized spacial score (nSPS) is 15.2. The first-order valence-corrected chi connectivity index (χ1v) is 17.3. The number of hydrogen-bond donors (Lipinski definition) is 2. The lowest BCUT2D eigenvalue weighted by molar-refractivity contribution is 0.101. The number of likely N-dealkylation sites (tertiary alicyclic amines) is 1. The number of benzene rings is 3. The molecule has 4 heterocycles. The van der Waals surface area contributed by atoms with Gasteiger partial charge in [0.15, 0.2) is 0 Å². The number of nitrogens with one attached hydrogen (secondary N) is 2. The molecule has 0 radical (unpaired) electrons. The van der Waals surface area contributed by atoms with E-state index in [9.17, 15) is 13.6 Å². The zero-order valence-electron chi connectivity index (χ0n) is 28.4. The van der Waals surface area contributed by atoms with Crippen LogP contribution in [0.15, 0.2) is 103 Å². The van der Waals surface area contributed by atoms with Crippen LogP contribution in [0.2, 0.25) is 0 Å². The van der Waals surface area contributed by atoms with Gasteiger partial charge in [0.25, 0.3) is 5.91 Å². The van der Waals surface area contributed by atoms with E-state index in [1.54, 1.807) is 28.9 Å². The van der Waals surface area contributed by atoms with Crippen molar-refractivity contribution in [2.75, 3.05) is 37.4 Å². The fraction of sp³-hybridized carbons (Fsp3) is 0.250. The van der Waals surface area contributed by atoms with Crippen molar-refractivity contribution in [3.8, 4) is 28.3 Å². The van der Waals surface area contributed by atoms with E-state index >= 15 is 0 Å². The molecule has 1 fully saturated rings. The Morgan fingerprint density at radius 3 is 2.57 bits per heavy atom. The van der Waals surface area contributed by atoms with E-state index in [-0.39, 0.29) is 0 Å². The van der Waals surface area contributed by atoms with E-state index in [2.05, 4.69) is 27.6 Å². The van der Waals surface area contributed by atoms with Gasteiger partial charge in [-0.05, 0) is 112 Å². The Morgan fingerprint density at radius 2 is 1.73 bits per heavy atom.